The molecule has 0 unspecified atom stereocenters. The zero-order chi connectivity index (χ0) is 17.0. The lowest BCUT2D eigenvalue weighted by Crippen LogP contribution is -2.38. The second kappa shape index (κ2) is 6.51. The minimum Gasteiger partial charge on any atom is -0.464 e. The Morgan fingerprint density at radius 1 is 1.09 bits per heavy atom. The van der Waals surface area contributed by atoms with Crippen molar-refractivity contribution in [3.8, 4) is 0 Å². The summed E-state index contributed by atoms with van der Waals surface area (Å²) in [4.78, 5) is 22.7. The zero-order valence-electron chi connectivity index (χ0n) is 12.0. The molecule has 4 nitrogen and oxygen atoms in total. The second-order valence-electron chi connectivity index (χ2n) is 4.57. The predicted molar refractivity (Wildman–Crippen MR) is 78.1 cm³/mol. The minimum atomic E-state index is -5.11. The van der Waals surface area contributed by atoms with Crippen LogP contribution in [0.5, 0.6) is 0 Å². The molecule has 0 saturated carbocycles. The van der Waals surface area contributed by atoms with E-state index in [0.29, 0.717) is 5.56 Å². The number of esters is 1. The molecule has 1 amide bonds. The van der Waals surface area contributed by atoms with E-state index in [0.717, 1.165) is 24.0 Å². The van der Waals surface area contributed by atoms with Crippen molar-refractivity contribution in [3.63, 3.8) is 0 Å². The fourth-order valence-electron chi connectivity index (χ4n) is 1.98. The maximum Gasteiger partial charge on any atom is 0.471 e. The molecule has 2 rings (SSSR count). The van der Waals surface area contributed by atoms with Crippen molar-refractivity contribution < 1.29 is 27.5 Å². The van der Waals surface area contributed by atoms with E-state index in [1.165, 1.54) is 0 Å². The molecule has 0 atom stereocenters. The van der Waals surface area contributed by atoms with Gasteiger partial charge in [0.1, 0.15) is 5.70 Å². The summed E-state index contributed by atoms with van der Waals surface area (Å²) in [5.74, 6) is -3.31. The standard InChI is InChI=1S/C16H12F3NO3/c1-23-14(21)13(20-15(22)16(17,18)19)9-11-7-4-6-10-5-2-3-8-12(10)11/h2-9H,1H3,(H,20,22)/b13-9-. The number of alkyl halides is 3. The van der Waals surface area contributed by atoms with Gasteiger partial charge in [0.25, 0.3) is 0 Å². The summed E-state index contributed by atoms with van der Waals surface area (Å²) in [5.41, 5.74) is -0.114. The maximum atomic E-state index is 12.4. The average molecular weight is 323 g/mol. The number of benzene rings is 2. The Hall–Kier alpha value is -2.83. The third-order valence-electron chi connectivity index (χ3n) is 3.03. The maximum absolute atomic E-state index is 12.4. The number of carbonyl (C=O) groups is 2. The van der Waals surface area contributed by atoms with Gasteiger partial charge in [0.15, 0.2) is 0 Å². The summed E-state index contributed by atoms with van der Waals surface area (Å²) in [6.07, 6.45) is -3.95. The van der Waals surface area contributed by atoms with E-state index in [9.17, 15) is 22.8 Å². The van der Waals surface area contributed by atoms with Crippen LogP contribution in [0.1, 0.15) is 5.56 Å². The van der Waals surface area contributed by atoms with Crippen LogP contribution in [0.25, 0.3) is 16.8 Å². The first-order valence-electron chi connectivity index (χ1n) is 6.49. The molecule has 0 heterocycles. The Morgan fingerprint density at radius 3 is 2.39 bits per heavy atom. The number of methoxy groups -OCH3 is 1. The van der Waals surface area contributed by atoms with Crippen LogP contribution in [0.15, 0.2) is 48.2 Å². The first kappa shape index (κ1) is 16.5. The molecule has 23 heavy (non-hydrogen) atoms. The van der Waals surface area contributed by atoms with Gasteiger partial charge in [-0.15, -0.1) is 0 Å². The third-order valence-corrected chi connectivity index (χ3v) is 3.03. The molecule has 1 N–H and O–H groups in total. The van der Waals surface area contributed by atoms with Crippen molar-refractivity contribution in [2.75, 3.05) is 7.11 Å². The number of hydrogen-bond acceptors (Lipinski definition) is 3. The van der Waals surface area contributed by atoms with Crippen LogP contribution >= 0.6 is 0 Å². The Morgan fingerprint density at radius 2 is 1.74 bits per heavy atom. The first-order chi connectivity index (χ1) is 10.8. The minimum absolute atomic E-state index is 0.478. The third kappa shape index (κ3) is 3.88. The average Bonchev–Trinajstić information content (AvgIpc) is 2.52. The van der Waals surface area contributed by atoms with Gasteiger partial charge >= 0.3 is 18.1 Å². The molecule has 2 aromatic rings. The van der Waals surface area contributed by atoms with Crippen molar-refractivity contribution in [1.82, 2.24) is 5.32 Å². The van der Waals surface area contributed by atoms with Crippen LogP contribution in [0, 0.1) is 0 Å². The van der Waals surface area contributed by atoms with Gasteiger partial charge in [-0.05, 0) is 22.4 Å². The number of amides is 1. The largest absolute Gasteiger partial charge is 0.471 e. The molecule has 0 aliphatic carbocycles. The summed E-state index contributed by atoms with van der Waals surface area (Å²) in [5, 5.41) is 3.10. The van der Waals surface area contributed by atoms with Crippen molar-refractivity contribution in [2.24, 2.45) is 0 Å². The highest BCUT2D eigenvalue weighted by Crippen LogP contribution is 2.21. The molecule has 0 spiro atoms. The summed E-state index contributed by atoms with van der Waals surface area (Å²) in [7, 11) is 1.01. The highest BCUT2D eigenvalue weighted by Gasteiger charge is 2.39. The Kier molecular flexibility index (Phi) is 4.68. The van der Waals surface area contributed by atoms with Gasteiger partial charge in [-0.2, -0.15) is 13.2 Å². The highest BCUT2D eigenvalue weighted by molar-refractivity contribution is 6.01. The van der Waals surface area contributed by atoms with E-state index >= 15 is 0 Å². The topological polar surface area (TPSA) is 55.4 Å². The van der Waals surface area contributed by atoms with E-state index in [4.69, 9.17) is 0 Å². The van der Waals surface area contributed by atoms with Crippen LogP contribution in [-0.2, 0) is 14.3 Å². The highest BCUT2D eigenvalue weighted by atomic mass is 19.4. The first-order valence-corrected chi connectivity index (χ1v) is 6.49. The lowest BCUT2D eigenvalue weighted by atomic mass is 10.0. The van der Waals surface area contributed by atoms with Crippen molar-refractivity contribution >= 4 is 28.7 Å². The summed E-state index contributed by atoms with van der Waals surface area (Å²) in [6, 6.07) is 12.3. The lowest BCUT2D eigenvalue weighted by molar-refractivity contribution is -0.173. The number of halogens is 3. The zero-order valence-corrected chi connectivity index (χ0v) is 12.0. The fraction of sp³-hybridized carbons (Fsp3) is 0.125. The van der Waals surface area contributed by atoms with Crippen molar-refractivity contribution in [2.45, 2.75) is 6.18 Å². The quantitative estimate of drug-likeness (QED) is 0.698. The molecule has 0 aromatic heterocycles. The van der Waals surface area contributed by atoms with Crippen molar-refractivity contribution in [1.29, 1.82) is 0 Å². The van der Waals surface area contributed by atoms with Gasteiger partial charge in [0, 0.05) is 0 Å². The molecule has 0 saturated heterocycles. The summed E-state index contributed by atoms with van der Waals surface area (Å²) in [6.45, 7) is 0. The van der Waals surface area contributed by atoms with Gasteiger partial charge in [-0.3, -0.25) is 4.79 Å². The summed E-state index contributed by atoms with van der Waals surface area (Å²) >= 11 is 0. The second-order valence-corrected chi connectivity index (χ2v) is 4.57. The van der Waals surface area contributed by atoms with Gasteiger partial charge < -0.3 is 10.1 Å². The Balaban J connectivity index is 2.48. The van der Waals surface area contributed by atoms with Gasteiger partial charge in [0.2, 0.25) is 0 Å². The van der Waals surface area contributed by atoms with E-state index in [1.807, 2.05) is 18.2 Å². The van der Waals surface area contributed by atoms with Crippen LogP contribution < -0.4 is 5.32 Å². The molecular formula is C16H12F3NO3. The smallest absolute Gasteiger partial charge is 0.464 e. The number of rotatable bonds is 3. The monoisotopic (exact) mass is 323 g/mol. The molecular weight excluding hydrogens is 311 g/mol. The molecule has 2 aromatic carbocycles. The van der Waals surface area contributed by atoms with Crippen LogP contribution in [-0.4, -0.2) is 25.2 Å². The summed E-state index contributed by atoms with van der Waals surface area (Å²) < 4.78 is 41.6. The number of fused-ring (bicyclic) bond motifs is 1. The van der Waals surface area contributed by atoms with Crippen LogP contribution in [0.2, 0.25) is 0 Å². The molecule has 7 heteroatoms. The lowest BCUT2D eigenvalue weighted by Gasteiger charge is -2.11. The van der Waals surface area contributed by atoms with Crippen LogP contribution in [0.4, 0.5) is 13.2 Å². The normalized spacial score (nSPS) is 12.1. The SMILES string of the molecule is COC(=O)/C(=C/c1cccc2ccccc12)NC(=O)C(F)(F)F. The van der Waals surface area contributed by atoms with Crippen LogP contribution in [0.3, 0.4) is 0 Å². The van der Waals surface area contributed by atoms with Gasteiger partial charge in [-0.1, -0.05) is 42.5 Å². The van der Waals surface area contributed by atoms with Gasteiger partial charge in [0.05, 0.1) is 7.11 Å². The fourth-order valence-corrected chi connectivity index (χ4v) is 1.98. The molecule has 0 radical (unpaired) electrons. The predicted octanol–water partition coefficient (Wildman–Crippen LogP) is 3.03. The molecule has 0 aliphatic rings. The molecule has 0 bridgehead atoms. The Bertz CT molecular complexity index is 776. The van der Waals surface area contributed by atoms with Gasteiger partial charge in [-0.25, -0.2) is 4.79 Å². The van der Waals surface area contributed by atoms with E-state index in [-0.39, 0.29) is 0 Å². The Labute approximate surface area is 129 Å². The van der Waals surface area contributed by atoms with E-state index in [1.54, 1.807) is 29.6 Å². The van der Waals surface area contributed by atoms with Crippen molar-refractivity contribution in [3.05, 3.63) is 53.7 Å². The number of nitrogens with one attached hydrogen (secondary N) is 1. The number of hydrogen-bond donors (Lipinski definition) is 1. The molecule has 120 valence electrons. The molecule has 0 fully saturated rings. The molecule has 0 aliphatic heterocycles. The number of ether oxygens (including phenoxy) is 1. The van der Waals surface area contributed by atoms with E-state index in [2.05, 4.69) is 4.74 Å². The number of carbonyl (C=O) groups excluding carboxylic acids is 2. The van der Waals surface area contributed by atoms with E-state index < -0.39 is 23.7 Å².